The lowest BCUT2D eigenvalue weighted by atomic mass is 9.80. The smallest absolute Gasteiger partial charge is 0.138 e. The van der Waals surface area contributed by atoms with E-state index in [9.17, 15) is 0 Å². The Balaban J connectivity index is 2.70. The van der Waals surface area contributed by atoms with Crippen LogP contribution in [0.25, 0.3) is 0 Å². The zero-order valence-corrected chi connectivity index (χ0v) is 13.7. The van der Waals surface area contributed by atoms with Crippen LogP contribution in [0, 0.1) is 5.41 Å². The summed E-state index contributed by atoms with van der Waals surface area (Å²) >= 11 is 6.16. The summed E-state index contributed by atoms with van der Waals surface area (Å²) in [6.45, 7) is 7.68. The van der Waals surface area contributed by atoms with Crippen molar-refractivity contribution >= 4 is 11.6 Å². The molecular weight excluding hydrogens is 274 g/mol. The molecule has 0 saturated carbocycles. The molecule has 4 heteroatoms. The van der Waals surface area contributed by atoms with Crippen LogP contribution in [0.2, 0.25) is 5.02 Å². The third-order valence-corrected chi connectivity index (χ3v) is 3.95. The third-order valence-electron chi connectivity index (χ3n) is 3.64. The van der Waals surface area contributed by atoms with Crippen LogP contribution < -0.4 is 10.5 Å². The molecule has 0 amide bonds. The number of ether oxygens (including phenoxy) is 2. The molecule has 1 unspecified atom stereocenters. The SMILES string of the molecule is COCCCOc1cc(CC(C)(C)C(C)N)ccc1Cl. The predicted octanol–water partition coefficient (Wildman–Crippen LogP) is 3.67. The molecule has 1 aromatic rings. The molecule has 0 bridgehead atoms. The van der Waals surface area contributed by atoms with Gasteiger partial charge < -0.3 is 15.2 Å². The van der Waals surface area contributed by atoms with Crippen molar-refractivity contribution in [2.75, 3.05) is 20.3 Å². The van der Waals surface area contributed by atoms with Crippen LogP contribution in [0.4, 0.5) is 0 Å². The van der Waals surface area contributed by atoms with E-state index in [4.69, 9.17) is 26.8 Å². The standard InChI is InChI=1S/C16H26ClNO2/c1-12(18)16(2,3)11-13-6-7-14(17)15(10-13)20-9-5-8-19-4/h6-7,10,12H,5,8-9,11,18H2,1-4H3. The molecule has 0 aliphatic carbocycles. The molecular formula is C16H26ClNO2. The lowest BCUT2D eigenvalue weighted by molar-refractivity contribution is 0.172. The summed E-state index contributed by atoms with van der Waals surface area (Å²) in [6, 6.07) is 6.07. The van der Waals surface area contributed by atoms with Crippen molar-refractivity contribution in [2.24, 2.45) is 11.1 Å². The van der Waals surface area contributed by atoms with Gasteiger partial charge in [-0.25, -0.2) is 0 Å². The van der Waals surface area contributed by atoms with Crippen molar-refractivity contribution in [3.63, 3.8) is 0 Å². The Morgan fingerprint density at radius 3 is 2.60 bits per heavy atom. The normalized spacial score (nSPS) is 13.3. The van der Waals surface area contributed by atoms with Gasteiger partial charge in [0, 0.05) is 26.2 Å². The summed E-state index contributed by atoms with van der Waals surface area (Å²) in [5.74, 6) is 0.737. The van der Waals surface area contributed by atoms with Gasteiger partial charge in [-0.1, -0.05) is 31.5 Å². The topological polar surface area (TPSA) is 44.5 Å². The third kappa shape index (κ3) is 5.31. The molecule has 0 aliphatic rings. The van der Waals surface area contributed by atoms with E-state index in [2.05, 4.69) is 13.8 Å². The Bertz CT molecular complexity index is 419. The molecule has 0 aromatic heterocycles. The summed E-state index contributed by atoms with van der Waals surface area (Å²) in [7, 11) is 1.68. The number of halogens is 1. The first-order valence-electron chi connectivity index (χ1n) is 7.02. The van der Waals surface area contributed by atoms with Crippen molar-refractivity contribution in [1.29, 1.82) is 0 Å². The number of hydrogen-bond acceptors (Lipinski definition) is 3. The number of rotatable bonds is 8. The molecule has 0 saturated heterocycles. The Labute approximate surface area is 127 Å². The fourth-order valence-corrected chi connectivity index (χ4v) is 2.01. The summed E-state index contributed by atoms with van der Waals surface area (Å²) < 4.78 is 10.7. The first-order chi connectivity index (χ1) is 9.36. The molecule has 20 heavy (non-hydrogen) atoms. The number of hydrogen-bond donors (Lipinski definition) is 1. The average molecular weight is 300 g/mol. The fourth-order valence-electron chi connectivity index (χ4n) is 1.84. The highest BCUT2D eigenvalue weighted by molar-refractivity contribution is 6.32. The summed E-state index contributed by atoms with van der Waals surface area (Å²) in [6.07, 6.45) is 1.75. The van der Waals surface area contributed by atoms with E-state index in [1.165, 1.54) is 5.56 Å². The van der Waals surface area contributed by atoms with Crippen molar-refractivity contribution in [3.05, 3.63) is 28.8 Å². The maximum absolute atomic E-state index is 6.16. The average Bonchev–Trinajstić information content (AvgIpc) is 2.37. The minimum absolute atomic E-state index is 0.0428. The Morgan fingerprint density at radius 1 is 1.30 bits per heavy atom. The van der Waals surface area contributed by atoms with Gasteiger partial charge in [0.1, 0.15) is 5.75 Å². The van der Waals surface area contributed by atoms with Gasteiger partial charge in [0.15, 0.2) is 0 Å². The summed E-state index contributed by atoms with van der Waals surface area (Å²) in [5.41, 5.74) is 7.26. The maximum Gasteiger partial charge on any atom is 0.138 e. The molecule has 3 nitrogen and oxygen atoms in total. The van der Waals surface area contributed by atoms with Gasteiger partial charge in [-0.2, -0.15) is 0 Å². The van der Waals surface area contributed by atoms with E-state index in [1.807, 2.05) is 25.1 Å². The molecule has 0 spiro atoms. The molecule has 1 rings (SSSR count). The van der Waals surface area contributed by atoms with E-state index < -0.39 is 0 Å². The maximum atomic E-state index is 6.16. The second-order valence-corrected chi connectivity index (χ2v) is 6.32. The van der Waals surface area contributed by atoms with E-state index in [0.717, 1.165) is 18.6 Å². The quantitative estimate of drug-likeness (QED) is 0.745. The van der Waals surface area contributed by atoms with Crippen molar-refractivity contribution in [3.8, 4) is 5.75 Å². The van der Waals surface area contributed by atoms with Gasteiger partial charge >= 0.3 is 0 Å². The van der Waals surface area contributed by atoms with E-state index in [1.54, 1.807) is 7.11 Å². The Morgan fingerprint density at radius 2 is 2.00 bits per heavy atom. The molecule has 0 fully saturated rings. The van der Waals surface area contributed by atoms with Crippen LogP contribution in [0.5, 0.6) is 5.75 Å². The molecule has 0 aliphatic heterocycles. The molecule has 1 aromatic carbocycles. The first-order valence-corrected chi connectivity index (χ1v) is 7.40. The predicted molar refractivity (Wildman–Crippen MR) is 84.6 cm³/mol. The minimum Gasteiger partial charge on any atom is -0.492 e. The van der Waals surface area contributed by atoms with Gasteiger partial charge in [0.25, 0.3) is 0 Å². The van der Waals surface area contributed by atoms with Gasteiger partial charge in [-0.05, 0) is 36.5 Å². The number of benzene rings is 1. The molecule has 2 N–H and O–H groups in total. The first kappa shape index (κ1) is 17.3. The van der Waals surface area contributed by atoms with Gasteiger partial charge in [-0.15, -0.1) is 0 Å². The monoisotopic (exact) mass is 299 g/mol. The zero-order chi connectivity index (χ0) is 15.2. The van der Waals surface area contributed by atoms with Gasteiger partial charge in [0.05, 0.1) is 11.6 Å². The molecule has 0 heterocycles. The van der Waals surface area contributed by atoms with Crippen molar-refractivity contribution in [2.45, 2.75) is 39.7 Å². The Hall–Kier alpha value is -0.770. The van der Waals surface area contributed by atoms with Crippen LogP contribution in [-0.2, 0) is 11.2 Å². The number of methoxy groups -OCH3 is 1. The van der Waals surface area contributed by atoms with E-state index in [-0.39, 0.29) is 11.5 Å². The highest BCUT2D eigenvalue weighted by atomic mass is 35.5. The van der Waals surface area contributed by atoms with Crippen LogP contribution >= 0.6 is 11.6 Å². The molecule has 114 valence electrons. The van der Waals surface area contributed by atoms with Crippen molar-refractivity contribution < 1.29 is 9.47 Å². The van der Waals surface area contributed by atoms with Crippen LogP contribution in [0.15, 0.2) is 18.2 Å². The lowest BCUT2D eigenvalue weighted by Gasteiger charge is -2.29. The largest absolute Gasteiger partial charge is 0.492 e. The van der Waals surface area contributed by atoms with Crippen molar-refractivity contribution in [1.82, 2.24) is 0 Å². The number of nitrogens with two attached hydrogens (primary N) is 1. The van der Waals surface area contributed by atoms with Crippen LogP contribution in [0.3, 0.4) is 0 Å². The van der Waals surface area contributed by atoms with E-state index in [0.29, 0.717) is 18.2 Å². The van der Waals surface area contributed by atoms with E-state index >= 15 is 0 Å². The molecule has 1 atom stereocenters. The minimum atomic E-state index is 0.0428. The zero-order valence-electron chi connectivity index (χ0n) is 12.9. The van der Waals surface area contributed by atoms with Crippen LogP contribution in [-0.4, -0.2) is 26.4 Å². The van der Waals surface area contributed by atoms with Gasteiger partial charge in [-0.3, -0.25) is 0 Å². The van der Waals surface area contributed by atoms with Gasteiger partial charge in [0.2, 0.25) is 0 Å². The summed E-state index contributed by atoms with van der Waals surface area (Å²) in [4.78, 5) is 0. The second kappa shape index (κ2) is 7.87. The molecule has 0 radical (unpaired) electrons. The van der Waals surface area contributed by atoms with Crippen LogP contribution in [0.1, 0.15) is 32.8 Å². The lowest BCUT2D eigenvalue weighted by Crippen LogP contribution is -2.36. The fraction of sp³-hybridized carbons (Fsp3) is 0.625. The summed E-state index contributed by atoms with van der Waals surface area (Å²) in [5, 5.41) is 0.643. The highest BCUT2D eigenvalue weighted by Crippen LogP contribution is 2.30. The Kier molecular flexibility index (Phi) is 6.80. The second-order valence-electron chi connectivity index (χ2n) is 5.91. The highest BCUT2D eigenvalue weighted by Gasteiger charge is 2.23.